The number of amides is 2. The van der Waals surface area contributed by atoms with Gasteiger partial charge in [-0.15, -0.1) is 0 Å². The number of rotatable bonds is 6. The molecule has 0 radical (unpaired) electrons. The number of aromatic nitrogens is 4. The van der Waals surface area contributed by atoms with Crippen molar-refractivity contribution in [1.82, 2.24) is 20.0 Å². The van der Waals surface area contributed by atoms with Crippen molar-refractivity contribution in [1.29, 1.82) is 0 Å². The van der Waals surface area contributed by atoms with Crippen LogP contribution in [0.3, 0.4) is 0 Å². The fourth-order valence-electron chi connectivity index (χ4n) is 4.43. The monoisotopic (exact) mass is 495 g/mol. The lowest BCUT2D eigenvalue weighted by atomic mass is 9.96. The Hall–Kier alpha value is -4.53. The Kier molecular flexibility index (Phi) is 6.20. The second kappa shape index (κ2) is 9.50. The van der Waals surface area contributed by atoms with Gasteiger partial charge in [-0.2, -0.15) is 10.2 Å². The zero-order valence-electron chi connectivity index (χ0n) is 21.2. The zero-order chi connectivity index (χ0) is 26.2. The molecule has 9 heteroatoms. The van der Waals surface area contributed by atoms with Crippen molar-refractivity contribution < 1.29 is 9.59 Å². The molecule has 0 fully saturated rings. The molecule has 188 valence electrons. The number of carbonyl (C=O) groups excluding carboxylic acids is 2. The number of hydrogen-bond donors (Lipinski definition) is 3. The van der Waals surface area contributed by atoms with Gasteiger partial charge in [0.25, 0.3) is 5.91 Å². The van der Waals surface area contributed by atoms with Crippen molar-refractivity contribution in [3.05, 3.63) is 88.9 Å². The molecule has 2 aromatic carbocycles. The lowest BCUT2D eigenvalue weighted by Gasteiger charge is -2.22. The van der Waals surface area contributed by atoms with E-state index in [0.717, 1.165) is 28.1 Å². The van der Waals surface area contributed by atoms with E-state index in [2.05, 4.69) is 30.9 Å². The fraction of sp³-hybridized carbons (Fsp3) is 0.250. The summed E-state index contributed by atoms with van der Waals surface area (Å²) in [5.74, 6) is -0.184. The summed E-state index contributed by atoms with van der Waals surface area (Å²) in [6.07, 6.45) is 3.90. The topological polar surface area (TPSA) is 117 Å². The van der Waals surface area contributed by atoms with E-state index in [1.54, 1.807) is 29.2 Å². The molecule has 2 aromatic heterocycles. The largest absolute Gasteiger partial charge is 0.325 e. The summed E-state index contributed by atoms with van der Waals surface area (Å²) in [6, 6.07) is 17.3. The van der Waals surface area contributed by atoms with Crippen LogP contribution in [-0.4, -0.2) is 38.0 Å². The number of carbonyl (C=O) groups is 2. The number of anilines is 2. The number of nitrogens with zero attached hydrogens (tertiary/aromatic N) is 4. The van der Waals surface area contributed by atoms with Crippen LogP contribution in [0.15, 0.2) is 65.8 Å². The van der Waals surface area contributed by atoms with Crippen LogP contribution in [0.1, 0.15) is 59.6 Å². The SMILES string of the molecule is Cc1cc(C(=O)Nc2cccc(Cc3ccc4c(c3)C(C=Nc3ccn[nH]3)C(=O)N4)c2)n(C(C)(C)C)n1. The molecule has 5 rings (SSSR count). The normalized spacial score (nSPS) is 15.1. The zero-order valence-corrected chi connectivity index (χ0v) is 21.2. The van der Waals surface area contributed by atoms with E-state index < -0.39 is 5.92 Å². The first-order chi connectivity index (χ1) is 17.7. The molecule has 0 saturated carbocycles. The Labute approximate surface area is 215 Å². The quantitative estimate of drug-likeness (QED) is 0.328. The maximum Gasteiger partial charge on any atom is 0.273 e. The molecule has 9 nitrogen and oxygen atoms in total. The summed E-state index contributed by atoms with van der Waals surface area (Å²) in [7, 11) is 0. The Balaban J connectivity index is 1.33. The van der Waals surface area contributed by atoms with Crippen molar-refractivity contribution >= 4 is 35.2 Å². The van der Waals surface area contributed by atoms with Crippen molar-refractivity contribution in [3.63, 3.8) is 0 Å². The number of nitrogens with one attached hydrogen (secondary N) is 3. The number of aromatic amines is 1. The highest BCUT2D eigenvalue weighted by Gasteiger charge is 2.29. The molecular weight excluding hydrogens is 466 g/mol. The molecule has 2 amide bonds. The van der Waals surface area contributed by atoms with E-state index in [0.29, 0.717) is 23.6 Å². The minimum Gasteiger partial charge on any atom is -0.325 e. The molecular formula is C28H29N7O2. The third kappa shape index (κ3) is 5.20. The van der Waals surface area contributed by atoms with Gasteiger partial charge in [-0.05, 0) is 75.1 Å². The van der Waals surface area contributed by atoms with Crippen LogP contribution in [0.25, 0.3) is 0 Å². The number of fused-ring (bicyclic) bond motifs is 1. The predicted octanol–water partition coefficient (Wildman–Crippen LogP) is 4.95. The molecule has 37 heavy (non-hydrogen) atoms. The molecule has 0 spiro atoms. The van der Waals surface area contributed by atoms with Gasteiger partial charge >= 0.3 is 0 Å². The van der Waals surface area contributed by atoms with Crippen LogP contribution in [0, 0.1) is 6.92 Å². The fourth-order valence-corrected chi connectivity index (χ4v) is 4.43. The first-order valence-electron chi connectivity index (χ1n) is 12.1. The van der Waals surface area contributed by atoms with Crippen LogP contribution in [0.5, 0.6) is 0 Å². The van der Waals surface area contributed by atoms with Gasteiger partial charge in [0, 0.05) is 23.7 Å². The molecule has 4 aromatic rings. The number of aryl methyl sites for hydroxylation is 1. The van der Waals surface area contributed by atoms with Crippen LogP contribution >= 0.6 is 0 Å². The molecule has 3 N–H and O–H groups in total. The van der Waals surface area contributed by atoms with Crippen molar-refractivity contribution in [2.75, 3.05) is 10.6 Å². The third-order valence-electron chi connectivity index (χ3n) is 6.13. The predicted molar refractivity (Wildman–Crippen MR) is 144 cm³/mol. The van der Waals surface area contributed by atoms with E-state index >= 15 is 0 Å². The van der Waals surface area contributed by atoms with Gasteiger partial charge in [-0.1, -0.05) is 24.3 Å². The maximum atomic E-state index is 13.1. The van der Waals surface area contributed by atoms with Gasteiger partial charge in [-0.3, -0.25) is 19.4 Å². The molecule has 1 aliphatic heterocycles. The Morgan fingerprint density at radius 3 is 2.70 bits per heavy atom. The summed E-state index contributed by atoms with van der Waals surface area (Å²) in [4.78, 5) is 30.0. The Morgan fingerprint density at radius 2 is 1.95 bits per heavy atom. The number of H-pyrrole nitrogens is 1. The van der Waals surface area contributed by atoms with Crippen LogP contribution < -0.4 is 10.6 Å². The van der Waals surface area contributed by atoms with E-state index in [4.69, 9.17) is 0 Å². The minimum absolute atomic E-state index is 0.107. The second-order valence-electron chi connectivity index (χ2n) is 10.2. The van der Waals surface area contributed by atoms with E-state index in [-0.39, 0.29) is 17.4 Å². The first-order valence-corrected chi connectivity index (χ1v) is 12.1. The highest BCUT2D eigenvalue weighted by atomic mass is 16.2. The summed E-state index contributed by atoms with van der Waals surface area (Å²) < 4.78 is 1.76. The summed E-state index contributed by atoms with van der Waals surface area (Å²) in [6.45, 7) is 7.94. The van der Waals surface area contributed by atoms with Gasteiger partial charge in [0.15, 0.2) is 0 Å². The third-order valence-corrected chi connectivity index (χ3v) is 6.13. The highest BCUT2D eigenvalue weighted by Crippen LogP contribution is 2.33. The van der Waals surface area contributed by atoms with Gasteiger partial charge in [0.2, 0.25) is 5.91 Å². The summed E-state index contributed by atoms with van der Waals surface area (Å²) in [5.41, 5.74) is 5.50. The van der Waals surface area contributed by atoms with Crippen molar-refractivity contribution in [3.8, 4) is 0 Å². The Morgan fingerprint density at radius 1 is 1.14 bits per heavy atom. The van der Waals surface area contributed by atoms with E-state index in [1.165, 1.54) is 0 Å². The minimum atomic E-state index is -0.472. The molecule has 0 bridgehead atoms. The molecule has 0 saturated heterocycles. The highest BCUT2D eigenvalue weighted by molar-refractivity contribution is 6.12. The van der Waals surface area contributed by atoms with Crippen molar-refractivity contribution in [2.24, 2.45) is 4.99 Å². The molecule has 3 heterocycles. The summed E-state index contributed by atoms with van der Waals surface area (Å²) in [5, 5.41) is 17.1. The smallest absolute Gasteiger partial charge is 0.273 e. The van der Waals surface area contributed by atoms with Crippen LogP contribution in [0.4, 0.5) is 17.2 Å². The lowest BCUT2D eigenvalue weighted by Crippen LogP contribution is -2.29. The van der Waals surface area contributed by atoms with Gasteiger partial charge in [0.05, 0.1) is 17.4 Å². The molecule has 1 unspecified atom stereocenters. The maximum absolute atomic E-state index is 13.1. The standard InChI is InChI=1S/C28H29N7O2/c1-17-12-24(35(34-17)28(2,3)4)27(37)31-20-7-5-6-18(14-20)13-19-8-9-23-21(15-19)22(26(36)32-23)16-29-25-10-11-30-33-25/h5-12,14-16,22H,13H2,1-4H3,(H,30,33)(H,31,37)(H,32,36). The van der Waals surface area contributed by atoms with Crippen molar-refractivity contribution in [2.45, 2.75) is 45.6 Å². The van der Waals surface area contributed by atoms with E-state index in [1.807, 2.05) is 70.2 Å². The number of aliphatic imine (C=N–C) groups is 1. The molecule has 1 aliphatic rings. The van der Waals surface area contributed by atoms with Gasteiger partial charge in [-0.25, -0.2) is 4.99 Å². The molecule has 0 aliphatic carbocycles. The Bertz CT molecular complexity index is 1490. The number of benzene rings is 2. The van der Waals surface area contributed by atoms with Crippen LogP contribution in [-0.2, 0) is 16.8 Å². The summed E-state index contributed by atoms with van der Waals surface area (Å²) >= 11 is 0. The number of hydrogen-bond acceptors (Lipinski definition) is 5. The molecule has 1 atom stereocenters. The van der Waals surface area contributed by atoms with Crippen LogP contribution in [0.2, 0.25) is 0 Å². The lowest BCUT2D eigenvalue weighted by molar-refractivity contribution is -0.115. The second-order valence-corrected chi connectivity index (χ2v) is 10.2. The van der Waals surface area contributed by atoms with Gasteiger partial charge in [0.1, 0.15) is 17.4 Å². The van der Waals surface area contributed by atoms with E-state index in [9.17, 15) is 9.59 Å². The average molecular weight is 496 g/mol. The average Bonchev–Trinajstić information content (AvgIpc) is 3.56. The van der Waals surface area contributed by atoms with Gasteiger partial charge < -0.3 is 10.6 Å². The first kappa shape index (κ1) is 24.2.